The zero-order valence-electron chi connectivity index (χ0n) is 18.5. The van der Waals surface area contributed by atoms with Gasteiger partial charge in [0.25, 0.3) is 0 Å². The Hall–Kier alpha value is -2.83. The monoisotopic (exact) mass is 436 g/mol. The standard InChI is InChI=1S/C25H29FN4O2/c1-16-20-12-13-22(31)30(15-17-8-10-19(26)11-9-17)24(20)28-23(27-16)21-7-4-14-29(21)25(32)18-5-2-3-6-18/h8-11,18,21H,2-7,12-15H2,1H3/t21-/m0/s1. The minimum absolute atomic E-state index is 0.0104. The number of benzene rings is 1. The molecule has 0 radical (unpaired) electrons. The zero-order chi connectivity index (χ0) is 22.2. The molecule has 7 heteroatoms. The van der Waals surface area contributed by atoms with E-state index in [0.29, 0.717) is 31.0 Å². The minimum Gasteiger partial charge on any atom is -0.332 e. The Morgan fingerprint density at radius 2 is 1.81 bits per heavy atom. The van der Waals surface area contributed by atoms with E-state index in [0.717, 1.165) is 61.9 Å². The second-order valence-corrected chi connectivity index (χ2v) is 9.25. The van der Waals surface area contributed by atoms with E-state index in [1.54, 1.807) is 17.0 Å². The number of amides is 2. The first-order valence-electron chi connectivity index (χ1n) is 11.7. The van der Waals surface area contributed by atoms with E-state index < -0.39 is 0 Å². The second-order valence-electron chi connectivity index (χ2n) is 9.25. The summed E-state index contributed by atoms with van der Waals surface area (Å²) in [5.74, 6) is 1.37. The first-order valence-corrected chi connectivity index (χ1v) is 11.7. The molecule has 3 aliphatic rings. The molecule has 1 saturated heterocycles. The molecule has 168 valence electrons. The molecular weight excluding hydrogens is 407 g/mol. The molecule has 0 N–H and O–H groups in total. The Morgan fingerprint density at radius 3 is 2.56 bits per heavy atom. The quantitative estimate of drug-likeness (QED) is 0.718. The number of carbonyl (C=O) groups is 2. The van der Waals surface area contributed by atoms with Crippen molar-refractivity contribution in [1.82, 2.24) is 14.9 Å². The molecule has 1 aliphatic carbocycles. The largest absolute Gasteiger partial charge is 0.332 e. The number of fused-ring (bicyclic) bond motifs is 1. The molecule has 1 aromatic heterocycles. The molecule has 32 heavy (non-hydrogen) atoms. The van der Waals surface area contributed by atoms with E-state index >= 15 is 0 Å². The van der Waals surface area contributed by atoms with Gasteiger partial charge in [0.15, 0.2) is 5.82 Å². The lowest BCUT2D eigenvalue weighted by atomic mass is 10.0. The molecule has 6 nitrogen and oxygen atoms in total. The highest BCUT2D eigenvalue weighted by Crippen LogP contribution is 2.37. The Balaban J connectivity index is 1.47. The molecule has 2 fully saturated rings. The van der Waals surface area contributed by atoms with Crippen molar-refractivity contribution in [2.45, 2.75) is 70.9 Å². The number of likely N-dealkylation sites (tertiary alicyclic amines) is 1. The van der Waals surface area contributed by atoms with Crippen LogP contribution in [0.5, 0.6) is 0 Å². The molecule has 1 saturated carbocycles. The van der Waals surface area contributed by atoms with Gasteiger partial charge in [-0.2, -0.15) is 0 Å². The van der Waals surface area contributed by atoms with Crippen LogP contribution in [0.15, 0.2) is 24.3 Å². The van der Waals surface area contributed by atoms with Gasteiger partial charge in [-0.05, 0) is 56.7 Å². The molecule has 0 bridgehead atoms. The summed E-state index contributed by atoms with van der Waals surface area (Å²) in [6, 6.07) is 6.09. The normalized spacial score (nSPS) is 21.3. The molecule has 0 unspecified atom stereocenters. The lowest BCUT2D eigenvalue weighted by Gasteiger charge is -2.31. The number of aromatic nitrogens is 2. The third kappa shape index (κ3) is 3.89. The van der Waals surface area contributed by atoms with Crippen LogP contribution in [-0.4, -0.2) is 33.2 Å². The number of rotatable bonds is 4. The van der Waals surface area contributed by atoms with E-state index in [-0.39, 0.29) is 29.6 Å². The molecule has 1 aromatic carbocycles. The summed E-state index contributed by atoms with van der Waals surface area (Å²) in [5, 5.41) is 0. The summed E-state index contributed by atoms with van der Waals surface area (Å²) in [5.41, 5.74) is 2.72. The molecule has 3 heterocycles. The highest BCUT2D eigenvalue weighted by atomic mass is 19.1. The third-order valence-corrected chi connectivity index (χ3v) is 7.15. The highest BCUT2D eigenvalue weighted by Gasteiger charge is 2.38. The van der Waals surface area contributed by atoms with Gasteiger partial charge in [-0.3, -0.25) is 14.5 Å². The fraction of sp³-hybridized carbons (Fsp3) is 0.520. The van der Waals surface area contributed by atoms with Crippen LogP contribution in [0.3, 0.4) is 0 Å². The Labute approximate surface area is 187 Å². The lowest BCUT2D eigenvalue weighted by Crippen LogP contribution is -2.38. The maximum Gasteiger partial charge on any atom is 0.228 e. The molecule has 0 spiro atoms. The number of hydrogen-bond acceptors (Lipinski definition) is 4. The fourth-order valence-electron chi connectivity index (χ4n) is 5.39. The average Bonchev–Trinajstić information content (AvgIpc) is 3.49. The lowest BCUT2D eigenvalue weighted by molar-refractivity contribution is -0.136. The van der Waals surface area contributed by atoms with Gasteiger partial charge in [0, 0.05) is 30.1 Å². The molecule has 2 amide bonds. The number of carbonyl (C=O) groups excluding carboxylic acids is 2. The summed E-state index contributed by atoms with van der Waals surface area (Å²) < 4.78 is 13.3. The number of anilines is 1. The van der Waals surface area contributed by atoms with E-state index in [2.05, 4.69) is 0 Å². The van der Waals surface area contributed by atoms with Crippen molar-refractivity contribution >= 4 is 17.6 Å². The van der Waals surface area contributed by atoms with Crippen LogP contribution in [0, 0.1) is 18.7 Å². The van der Waals surface area contributed by atoms with Crippen molar-refractivity contribution in [3.8, 4) is 0 Å². The van der Waals surface area contributed by atoms with Gasteiger partial charge in [-0.15, -0.1) is 0 Å². The summed E-state index contributed by atoms with van der Waals surface area (Å²) >= 11 is 0. The van der Waals surface area contributed by atoms with Crippen molar-refractivity contribution in [3.63, 3.8) is 0 Å². The van der Waals surface area contributed by atoms with Crippen LogP contribution >= 0.6 is 0 Å². The second kappa shape index (κ2) is 8.60. The molecule has 2 aliphatic heterocycles. The minimum atomic E-state index is -0.298. The van der Waals surface area contributed by atoms with Crippen molar-refractivity contribution in [1.29, 1.82) is 0 Å². The van der Waals surface area contributed by atoms with Crippen molar-refractivity contribution in [2.75, 3.05) is 11.4 Å². The van der Waals surface area contributed by atoms with Crippen LogP contribution in [0.1, 0.15) is 73.6 Å². The summed E-state index contributed by atoms with van der Waals surface area (Å²) in [4.78, 5) is 39.4. The Morgan fingerprint density at radius 1 is 1.06 bits per heavy atom. The van der Waals surface area contributed by atoms with Crippen LogP contribution in [0.4, 0.5) is 10.2 Å². The number of halogens is 1. The van der Waals surface area contributed by atoms with Gasteiger partial charge in [-0.25, -0.2) is 14.4 Å². The summed E-state index contributed by atoms with van der Waals surface area (Å²) in [6.45, 7) is 3.06. The van der Waals surface area contributed by atoms with Crippen molar-refractivity contribution < 1.29 is 14.0 Å². The van der Waals surface area contributed by atoms with Gasteiger partial charge < -0.3 is 4.90 Å². The Bertz CT molecular complexity index is 1030. The maximum atomic E-state index is 13.3. The van der Waals surface area contributed by atoms with E-state index in [9.17, 15) is 14.0 Å². The predicted octanol–water partition coefficient (Wildman–Crippen LogP) is 4.26. The highest BCUT2D eigenvalue weighted by molar-refractivity contribution is 5.95. The van der Waals surface area contributed by atoms with Gasteiger partial charge in [-0.1, -0.05) is 25.0 Å². The number of aryl methyl sites for hydroxylation is 1. The Kier molecular flexibility index (Phi) is 5.66. The average molecular weight is 437 g/mol. The van der Waals surface area contributed by atoms with Crippen LogP contribution in [-0.2, 0) is 22.6 Å². The van der Waals surface area contributed by atoms with Crippen LogP contribution in [0.2, 0.25) is 0 Å². The molecule has 5 rings (SSSR count). The zero-order valence-corrected chi connectivity index (χ0v) is 18.5. The van der Waals surface area contributed by atoms with E-state index in [1.165, 1.54) is 12.1 Å². The first-order chi connectivity index (χ1) is 15.5. The first kappa shape index (κ1) is 21.0. The third-order valence-electron chi connectivity index (χ3n) is 7.15. The van der Waals surface area contributed by atoms with E-state index in [1.807, 2.05) is 11.8 Å². The smallest absolute Gasteiger partial charge is 0.228 e. The topological polar surface area (TPSA) is 66.4 Å². The number of nitrogens with zero attached hydrogens (tertiary/aromatic N) is 4. The SMILES string of the molecule is Cc1nc([C@@H]2CCCN2C(=O)C2CCCC2)nc2c1CCC(=O)N2Cc1ccc(F)cc1. The fourth-order valence-corrected chi connectivity index (χ4v) is 5.39. The summed E-state index contributed by atoms with van der Waals surface area (Å²) in [6.07, 6.45) is 7.04. The maximum absolute atomic E-state index is 13.3. The predicted molar refractivity (Wildman–Crippen MR) is 118 cm³/mol. The number of hydrogen-bond donors (Lipinski definition) is 0. The van der Waals surface area contributed by atoms with Gasteiger partial charge in [0.2, 0.25) is 11.8 Å². The van der Waals surface area contributed by atoms with Crippen molar-refractivity contribution in [3.05, 3.63) is 52.7 Å². The van der Waals surface area contributed by atoms with Gasteiger partial charge in [0.05, 0.1) is 12.6 Å². The van der Waals surface area contributed by atoms with E-state index in [4.69, 9.17) is 9.97 Å². The summed E-state index contributed by atoms with van der Waals surface area (Å²) in [7, 11) is 0. The van der Waals surface area contributed by atoms with Crippen molar-refractivity contribution in [2.24, 2.45) is 5.92 Å². The van der Waals surface area contributed by atoms with Crippen LogP contribution < -0.4 is 4.90 Å². The molecule has 1 atom stereocenters. The molecular formula is C25H29FN4O2. The van der Waals surface area contributed by atoms with Crippen LogP contribution in [0.25, 0.3) is 0 Å². The van der Waals surface area contributed by atoms with Gasteiger partial charge >= 0.3 is 0 Å². The van der Waals surface area contributed by atoms with Gasteiger partial charge in [0.1, 0.15) is 11.6 Å². The molecule has 2 aromatic rings.